The normalized spacial score (nSPS) is 22.4. The Morgan fingerprint density at radius 3 is 2.53 bits per heavy atom. The number of ether oxygens (including phenoxy) is 1. The molecule has 1 saturated heterocycles. The highest BCUT2D eigenvalue weighted by Gasteiger charge is 2.36. The first-order chi connectivity index (χ1) is 8.65. The molecule has 1 unspecified atom stereocenters. The predicted octanol–water partition coefficient (Wildman–Crippen LogP) is -1.21. The number of hydrogen-bond donors (Lipinski definition) is 1. The molecule has 10 heteroatoms. The van der Waals surface area contributed by atoms with Crippen LogP contribution in [-0.2, 0) is 24.6 Å². The van der Waals surface area contributed by atoms with Gasteiger partial charge in [-0.2, -0.15) is 4.31 Å². The Kier molecular flexibility index (Phi) is 5.16. The van der Waals surface area contributed by atoms with Crippen LogP contribution < -0.4 is 5.32 Å². The molecule has 112 valence electrons. The van der Waals surface area contributed by atoms with Crippen molar-refractivity contribution in [3.8, 4) is 0 Å². The molecule has 1 aliphatic rings. The average molecular weight is 314 g/mol. The van der Waals surface area contributed by atoms with E-state index in [4.69, 9.17) is 0 Å². The van der Waals surface area contributed by atoms with E-state index in [-0.39, 0.29) is 31.0 Å². The van der Waals surface area contributed by atoms with Crippen molar-refractivity contribution >= 4 is 26.0 Å². The minimum Gasteiger partial charge on any atom is -0.453 e. The van der Waals surface area contributed by atoms with E-state index in [2.05, 4.69) is 10.1 Å². The Morgan fingerprint density at radius 1 is 1.47 bits per heavy atom. The molecule has 0 spiro atoms. The SMILES string of the molecule is COC(=O)NCCN(C1CCS(=O)(=O)C1)S(C)(=O)=O. The topological polar surface area (TPSA) is 110 Å². The number of hydrogen-bond acceptors (Lipinski definition) is 6. The fourth-order valence-corrected chi connectivity index (χ4v) is 4.93. The Bertz CT molecular complexity index is 527. The third-order valence-corrected chi connectivity index (χ3v) is 5.91. The molecular formula is C9H18N2O6S2. The summed E-state index contributed by atoms with van der Waals surface area (Å²) in [5, 5.41) is 2.36. The number of methoxy groups -OCH3 is 1. The molecule has 1 fully saturated rings. The van der Waals surface area contributed by atoms with E-state index in [9.17, 15) is 21.6 Å². The molecule has 0 saturated carbocycles. The third kappa shape index (κ3) is 4.96. The third-order valence-electron chi connectivity index (χ3n) is 2.83. The van der Waals surface area contributed by atoms with Crippen molar-refractivity contribution in [3.05, 3.63) is 0 Å². The molecule has 0 aromatic carbocycles. The first-order valence-corrected chi connectivity index (χ1v) is 9.32. The fourth-order valence-electron chi connectivity index (χ4n) is 1.96. The van der Waals surface area contributed by atoms with Crippen LogP contribution in [0, 0.1) is 0 Å². The van der Waals surface area contributed by atoms with E-state index in [1.807, 2.05) is 0 Å². The molecule has 0 bridgehead atoms. The van der Waals surface area contributed by atoms with Crippen LogP contribution in [0.15, 0.2) is 0 Å². The van der Waals surface area contributed by atoms with Crippen molar-refractivity contribution in [3.63, 3.8) is 0 Å². The zero-order valence-electron chi connectivity index (χ0n) is 10.8. The monoisotopic (exact) mass is 314 g/mol. The van der Waals surface area contributed by atoms with Crippen molar-refractivity contribution < 1.29 is 26.4 Å². The van der Waals surface area contributed by atoms with Gasteiger partial charge in [-0.05, 0) is 6.42 Å². The molecule has 1 heterocycles. The van der Waals surface area contributed by atoms with Gasteiger partial charge in [0.2, 0.25) is 10.0 Å². The van der Waals surface area contributed by atoms with E-state index in [1.54, 1.807) is 0 Å². The van der Waals surface area contributed by atoms with Crippen molar-refractivity contribution in [1.82, 2.24) is 9.62 Å². The molecule has 0 aromatic heterocycles. The lowest BCUT2D eigenvalue weighted by atomic mass is 10.2. The molecule has 19 heavy (non-hydrogen) atoms. The van der Waals surface area contributed by atoms with Gasteiger partial charge in [0, 0.05) is 19.1 Å². The lowest BCUT2D eigenvalue weighted by Gasteiger charge is -2.25. The summed E-state index contributed by atoms with van der Waals surface area (Å²) in [5.41, 5.74) is 0. The Balaban J connectivity index is 2.67. The molecule has 1 aliphatic heterocycles. The summed E-state index contributed by atoms with van der Waals surface area (Å²) in [6, 6.07) is -0.556. The van der Waals surface area contributed by atoms with E-state index >= 15 is 0 Å². The van der Waals surface area contributed by atoms with Crippen LogP contribution in [0.2, 0.25) is 0 Å². The number of carbonyl (C=O) groups is 1. The van der Waals surface area contributed by atoms with Gasteiger partial charge in [0.1, 0.15) is 0 Å². The number of amides is 1. The second-order valence-electron chi connectivity index (χ2n) is 4.35. The van der Waals surface area contributed by atoms with Crippen molar-refractivity contribution in [2.24, 2.45) is 0 Å². The van der Waals surface area contributed by atoms with E-state index < -0.39 is 32.0 Å². The molecule has 1 atom stereocenters. The number of sulfonamides is 1. The first kappa shape index (κ1) is 16.2. The van der Waals surface area contributed by atoms with Crippen LogP contribution >= 0.6 is 0 Å². The summed E-state index contributed by atoms with van der Waals surface area (Å²) in [6.07, 6.45) is 0.650. The van der Waals surface area contributed by atoms with Gasteiger partial charge < -0.3 is 10.1 Å². The van der Waals surface area contributed by atoms with E-state index in [0.29, 0.717) is 0 Å². The summed E-state index contributed by atoms with van der Waals surface area (Å²) in [5.74, 6) is -0.174. The van der Waals surface area contributed by atoms with Crippen LogP contribution in [-0.4, -0.2) is 71.2 Å². The molecule has 1 rings (SSSR count). The minimum atomic E-state index is -3.53. The summed E-state index contributed by atoms with van der Waals surface area (Å²) in [6.45, 7) is 0.0877. The van der Waals surface area contributed by atoms with Gasteiger partial charge in [-0.3, -0.25) is 0 Å². The summed E-state index contributed by atoms with van der Waals surface area (Å²) >= 11 is 0. The van der Waals surface area contributed by atoms with Crippen LogP contribution in [0.25, 0.3) is 0 Å². The highest BCUT2D eigenvalue weighted by atomic mass is 32.2. The zero-order chi connectivity index (χ0) is 14.7. The van der Waals surface area contributed by atoms with Crippen LogP contribution in [0.3, 0.4) is 0 Å². The first-order valence-electron chi connectivity index (χ1n) is 5.65. The number of nitrogens with zero attached hydrogens (tertiary/aromatic N) is 1. The van der Waals surface area contributed by atoms with Crippen LogP contribution in [0.5, 0.6) is 0 Å². The Hall–Kier alpha value is -0.870. The largest absolute Gasteiger partial charge is 0.453 e. The van der Waals surface area contributed by atoms with Crippen molar-refractivity contribution in [2.45, 2.75) is 12.5 Å². The number of alkyl carbamates (subject to hydrolysis) is 1. The van der Waals surface area contributed by atoms with Gasteiger partial charge in [0.15, 0.2) is 9.84 Å². The zero-order valence-corrected chi connectivity index (χ0v) is 12.5. The maximum atomic E-state index is 11.7. The summed E-state index contributed by atoms with van der Waals surface area (Å²) in [4.78, 5) is 10.9. The number of nitrogens with one attached hydrogen (secondary N) is 1. The average Bonchev–Trinajstić information content (AvgIpc) is 2.62. The minimum absolute atomic E-state index is 0.00584. The highest BCUT2D eigenvalue weighted by molar-refractivity contribution is 7.92. The van der Waals surface area contributed by atoms with E-state index in [1.165, 1.54) is 7.11 Å². The second kappa shape index (κ2) is 6.06. The number of rotatable bonds is 5. The summed E-state index contributed by atoms with van der Waals surface area (Å²) < 4.78 is 51.6. The van der Waals surface area contributed by atoms with Crippen LogP contribution in [0.1, 0.15) is 6.42 Å². The van der Waals surface area contributed by atoms with Gasteiger partial charge >= 0.3 is 6.09 Å². The molecule has 0 aromatic rings. The molecule has 0 radical (unpaired) electrons. The second-order valence-corrected chi connectivity index (χ2v) is 8.51. The van der Waals surface area contributed by atoms with Gasteiger partial charge in [-0.25, -0.2) is 21.6 Å². The molecule has 1 N–H and O–H groups in total. The highest BCUT2D eigenvalue weighted by Crippen LogP contribution is 2.19. The Labute approximate surface area is 113 Å². The smallest absolute Gasteiger partial charge is 0.406 e. The molecule has 0 aliphatic carbocycles. The lowest BCUT2D eigenvalue weighted by Crippen LogP contribution is -2.44. The molecular weight excluding hydrogens is 296 g/mol. The van der Waals surface area contributed by atoms with Gasteiger partial charge in [0.05, 0.1) is 24.9 Å². The number of sulfone groups is 1. The number of carbonyl (C=O) groups excluding carboxylic acids is 1. The predicted molar refractivity (Wildman–Crippen MR) is 69.0 cm³/mol. The van der Waals surface area contributed by atoms with Crippen molar-refractivity contribution in [1.29, 1.82) is 0 Å². The maximum absolute atomic E-state index is 11.7. The van der Waals surface area contributed by atoms with Gasteiger partial charge in [-0.1, -0.05) is 0 Å². The van der Waals surface area contributed by atoms with Gasteiger partial charge in [-0.15, -0.1) is 0 Å². The van der Waals surface area contributed by atoms with Crippen LogP contribution in [0.4, 0.5) is 4.79 Å². The molecule has 1 amide bonds. The lowest BCUT2D eigenvalue weighted by molar-refractivity contribution is 0.170. The molecule has 8 nitrogen and oxygen atoms in total. The standard InChI is InChI=1S/C9H18N2O6S2/c1-17-9(12)10-4-5-11(18(2,13)14)8-3-6-19(15,16)7-8/h8H,3-7H2,1-2H3,(H,10,12). The van der Waals surface area contributed by atoms with Crippen molar-refractivity contribution in [2.75, 3.05) is 38.0 Å². The quantitative estimate of drug-likeness (QED) is 0.682. The Morgan fingerprint density at radius 2 is 2.11 bits per heavy atom. The van der Waals surface area contributed by atoms with Gasteiger partial charge in [0.25, 0.3) is 0 Å². The summed E-state index contributed by atoms with van der Waals surface area (Å²) in [7, 11) is -5.49. The van der Waals surface area contributed by atoms with E-state index in [0.717, 1.165) is 10.6 Å². The maximum Gasteiger partial charge on any atom is 0.406 e. The fraction of sp³-hybridized carbons (Fsp3) is 0.889.